The Bertz CT molecular complexity index is 377. The second-order valence-electron chi connectivity index (χ2n) is 4.67. The summed E-state index contributed by atoms with van der Waals surface area (Å²) in [5, 5.41) is 0.566. The Kier molecular flexibility index (Phi) is 5.12. The lowest BCUT2D eigenvalue weighted by atomic mass is 10.0. The van der Waals surface area contributed by atoms with Gasteiger partial charge in [-0.2, -0.15) is 0 Å². The predicted octanol–water partition coefficient (Wildman–Crippen LogP) is 3.90. The number of ether oxygens (including phenoxy) is 1. The van der Waals surface area contributed by atoms with Crippen molar-refractivity contribution in [1.29, 1.82) is 0 Å². The molecule has 3 heteroatoms. The lowest BCUT2D eigenvalue weighted by molar-refractivity contribution is -0.144. The van der Waals surface area contributed by atoms with Gasteiger partial charge in [0, 0.05) is 16.6 Å². The molecule has 0 spiro atoms. The minimum Gasteiger partial charge on any atom is -0.466 e. The Balaban J connectivity index is 1.89. The second kappa shape index (κ2) is 6.83. The van der Waals surface area contributed by atoms with Gasteiger partial charge in [-0.25, -0.2) is 0 Å². The highest BCUT2D eigenvalue weighted by Crippen LogP contribution is 2.40. The zero-order chi connectivity index (χ0) is 12.8. The molecule has 0 bridgehead atoms. The molecule has 0 saturated heterocycles. The maximum atomic E-state index is 11.6. The molecule has 98 valence electrons. The van der Waals surface area contributed by atoms with Crippen molar-refractivity contribution in [2.45, 2.75) is 42.8 Å². The van der Waals surface area contributed by atoms with Crippen molar-refractivity contribution in [2.24, 2.45) is 5.92 Å². The van der Waals surface area contributed by atoms with Crippen LogP contribution in [0, 0.1) is 5.92 Å². The van der Waals surface area contributed by atoms with E-state index in [1.165, 1.54) is 17.7 Å². The molecule has 2 rings (SSSR count). The molecule has 0 radical (unpaired) electrons. The van der Waals surface area contributed by atoms with E-state index in [0.29, 0.717) is 24.2 Å². The average molecular weight is 264 g/mol. The van der Waals surface area contributed by atoms with Crippen LogP contribution in [0.2, 0.25) is 0 Å². The molecule has 0 aromatic heterocycles. The van der Waals surface area contributed by atoms with Crippen LogP contribution in [0.3, 0.4) is 0 Å². The van der Waals surface area contributed by atoms with Gasteiger partial charge >= 0.3 is 5.97 Å². The second-order valence-corrected chi connectivity index (χ2v) is 5.98. The van der Waals surface area contributed by atoms with Gasteiger partial charge in [0.05, 0.1) is 6.61 Å². The summed E-state index contributed by atoms with van der Waals surface area (Å²) in [4.78, 5) is 12.9. The standard InChI is InChI=1S/C15H20O2S/c1-2-17-15(16)11-12-7-6-10-14(12)18-13-8-4-3-5-9-13/h3-5,8-9,12,14H,2,6-7,10-11H2,1H3/t12-,14+/m0/s1. The Morgan fingerprint density at radius 2 is 2.11 bits per heavy atom. The fourth-order valence-corrected chi connectivity index (χ4v) is 3.87. The van der Waals surface area contributed by atoms with Crippen molar-refractivity contribution in [2.75, 3.05) is 6.61 Å². The SMILES string of the molecule is CCOC(=O)C[C@@H]1CCC[C@H]1Sc1ccccc1. The highest BCUT2D eigenvalue weighted by atomic mass is 32.2. The smallest absolute Gasteiger partial charge is 0.306 e. The molecule has 2 nitrogen and oxygen atoms in total. The van der Waals surface area contributed by atoms with Gasteiger partial charge in [0.2, 0.25) is 0 Å². The van der Waals surface area contributed by atoms with Crippen molar-refractivity contribution in [3.8, 4) is 0 Å². The van der Waals surface area contributed by atoms with E-state index in [2.05, 4.69) is 24.3 Å². The van der Waals surface area contributed by atoms with E-state index in [1.54, 1.807) is 0 Å². The monoisotopic (exact) mass is 264 g/mol. The van der Waals surface area contributed by atoms with Gasteiger partial charge in [-0.1, -0.05) is 24.6 Å². The van der Waals surface area contributed by atoms with Crippen molar-refractivity contribution in [3.63, 3.8) is 0 Å². The van der Waals surface area contributed by atoms with Gasteiger partial charge in [-0.3, -0.25) is 4.79 Å². The molecule has 2 atom stereocenters. The van der Waals surface area contributed by atoms with Crippen LogP contribution in [0.4, 0.5) is 0 Å². The van der Waals surface area contributed by atoms with E-state index in [4.69, 9.17) is 4.74 Å². The molecule has 0 unspecified atom stereocenters. The Hall–Kier alpha value is -0.960. The van der Waals surface area contributed by atoms with E-state index < -0.39 is 0 Å². The largest absolute Gasteiger partial charge is 0.466 e. The summed E-state index contributed by atoms with van der Waals surface area (Å²) in [6, 6.07) is 10.5. The molecule has 1 saturated carbocycles. The maximum absolute atomic E-state index is 11.6. The lowest BCUT2D eigenvalue weighted by Crippen LogP contribution is -2.16. The van der Waals surface area contributed by atoms with Crippen molar-refractivity contribution >= 4 is 17.7 Å². The van der Waals surface area contributed by atoms with Gasteiger partial charge in [0.1, 0.15) is 0 Å². The summed E-state index contributed by atoms with van der Waals surface area (Å²) < 4.78 is 5.05. The van der Waals surface area contributed by atoms with E-state index in [9.17, 15) is 4.79 Å². The van der Waals surface area contributed by atoms with Gasteiger partial charge in [0.15, 0.2) is 0 Å². The molecular formula is C15H20O2S. The molecule has 0 amide bonds. The van der Waals surface area contributed by atoms with Crippen molar-refractivity contribution < 1.29 is 9.53 Å². The van der Waals surface area contributed by atoms with E-state index >= 15 is 0 Å². The average Bonchev–Trinajstić information content (AvgIpc) is 2.78. The van der Waals surface area contributed by atoms with Crippen LogP contribution in [0.25, 0.3) is 0 Å². The molecule has 1 aliphatic rings. The Labute approximate surface area is 113 Å². The third kappa shape index (κ3) is 3.77. The number of hydrogen-bond acceptors (Lipinski definition) is 3. The Morgan fingerprint density at radius 1 is 1.33 bits per heavy atom. The topological polar surface area (TPSA) is 26.3 Å². The minimum absolute atomic E-state index is 0.0388. The fraction of sp³-hybridized carbons (Fsp3) is 0.533. The first-order chi connectivity index (χ1) is 8.79. The first kappa shape index (κ1) is 13.5. The first-order valence-electron chi connectivity index (χ1n) is 6.67. The number of esters is 1. The van der Waals surface area contributed by atoms with E-state index in [0.717, 1.165) is 6.42 Å². The van der Waals surface area contributed by atoms with Gasteiger partial charge in [0.25, 0.3) is 0 Å². The van der Waals surface area contributed by atoms with Crippen LogP contribution in [0.1, 0.15) is 32.6 Å². The normalized spacial score (nSPS) is 22.9. The quantitative estimate of drug-likeness (QED) is 0.754. The summed E-state index contributed by atoms with van der Waals surface area (Å²) in [5.74, 6) is 0.442. The predicted molar refractivity (Wildman–Crippen MR) is 74.7 cm³/mol. The molecule has 1 aromatic carbocycles. The number of carbonyl (C=O) groups excluding carboxylic acids is 1. The molecule has 0 aliphatic heterocycles. The molecule has 0 N–H and O–H groups in total. The third-order valence-corrected chi connectivity index (χ3v) is 4.82. The number of hydrogen-bond donors (Lipinski definition) is 0. The van der Waals surface area contributed by atoms with Crippen molar-refractivity contribution in [1.82, 2.24) is 0 Å². The summed E-state index contributed by atoms with van der Waals surface area (Å²) in [7, 11) is 0. The highest BCUT2D eigenvalue weighted by Gasteiger charge is 2.30. The molecule has 1 aliphatic carbocycles. The van der Waals surface area contributed by atoms with E-state index in [-0.39, 0.29) is 5.97 Å². The molecule has 1 fully saturated rings. The van der Waals surface area contributed by atoms with Crippen LogP contribution >= 0.6 is 11.8 Å². The number of benzene rings is 1. The molecule has 1 aromatic rings. The zero-order valence-electron chi connectivity index (χ0n) is 10.8. The van der Waals surface area contributed by atoms with Crippen LogP contribution in [0.15, 0.2) is 35.2 Å². The third-order valence-electron chi connectivity index (χ3n) is 3.35. The Morgan fingerprint density at radius 3 is 2.83 bits per heavy atom. The van der Waals surface area contributed by atoms with Crippen LogP contribution in [-0.4, -0.2) is 17.8 Å². The van der Waals surface area contributed by atoms with Crippen LogP contribution < -0.4 is 0 Å². The summed E-state index contributed by atoms with van der Waals surface area (Å²) >= 11 is 1.91. The zero-order valence-corrected chi connectivity index (χ0v) is 11.6. The number of thioether (sulfide) groups is 1. The van der Waals surface area contributed by atoms with Crippen LogP contribution in [0.5, 0.6) is 0 Å². The molecule has 0 heterocycles. The van der Waals surface area contributed by atoms with Gasteiger partial charge in [-0.15, -0.1) is 11.8 Å². The number of carbonyl (C=O) groups is 1. The maximum Gasteiger partial charge on any atom is 0.306 e. The number of rotatable bonds is 5. The summed E-state index contributed by atoms with van der Waals surface area (Å²) in [6.45, 7) is 2.35. The van der Waals surface area contributed by atoms with Gasteiger partial charge < -0.3 is 4.74 Å². The summed E-state index contributed by atoms with van der Waals surface area (Å²) in [6.07, 6.45) is 4.18. The lowest BCUT2D eigenvalue weighted by Gasteiger charge is -2.18. The van der Waals surface area contributed by atoms with Crippen LogP contribution in [-0.2, 0) is 9.53 Å². The van der Waals surface area contributed by atoms with Crippen molar-refractivity contribution in [3.05, 3.63) is 30.3 Å². The molecular weight excluding hydrogens is 244 g/mol. The fourth-order valence-electron chi connectivity index (χ4n) is 2.50. The minimum atomic E-state index is -0.0388. The summed E-state index contributed by atoms with van der Waals surface area (Å²) in [5.41, 5.74) is 0. The van der Waals surface area contributed by atoms with E-state index in [1.807, 2.05) is 24.8 Å². The highest BCUT2D eigenvalue weighted by molar-refractivity contribution is 8.00. The van der Waals surface area contributed by atoms with Gasteiger partial charge in [-0.05, 0) is 37.8 Å². The molecule has 18 heavy (non-hydrogen) atoms. The first-order valence-corrected chi connectivity index (χ1v) is 7.55.